The maximum atomic E-state index is 4.50. The molecule has 0 radical (unpaired) electrons. The van der Waals surface area contributed by atoms with E-state index in [9.17, 15) is 0 Å². The summed E-state index contributed by atoms with van der Waals surface area (Å²) in [4.78, 5) is 0. The summed E-state index contributed by atoms with van der Waals surface area (Å²) in [6, 6.07) is 2.05. The van der Waals surface area contributed by atoms with Crippen molar-refractivity contribution in [3.63, 3.8) is 0 Å². The van der Waals surface area contributed by atoms with Crippen molar-refractivity contribution < 1.29 is 0 Å². The third-order valence-electron chi connectivity index (χ3n) is 2.53. The summed E-state index contributed by atoms with van der Waals surface area (Å²) in [7, 11) is 1.92. The minimum absolute atomic E-state index is 0.779. The van der Waals surface area contributed by atoms with Gasteiger partial charge >= 0.3 is 0 Å². The second-order valence-electron chi connectivity index (χ2n) is 4.20. The van der Waals surface area contributed by atoms with E-state index in [0.717, 1.165) is 31.7 Å². The van der Waals surface area contributed by atoms with Crippen LogP contribution < -0.4 is 5.32 Å². The fourth-order valence-electron chi connectivity index (χ4n) is 1.72. The van der Waals surface area contributed by atoms with E-state index in [1.807, 2.05) is 35.0 Å². The van der Waals surface area contributed by atoms with E-state index in [1.54, 1.807) is 0 Å². The number of aromatic nitrogens is 4. The van der Waals surface area contributed by atoms with Gasteiger partial charge in [0, 0.05) is 31.5 Å². The molecule has 2 aromatic heterocycles. The lowest BCUT2D eigenvalue weighted by Gasteiger charge is -2.00. The molecule has 0 saturated heterocycles. The standard InChI is InChI=1S/C12H19N5/c1-3-5-13-8-12-4-6-17(15-12)10-11-7-14-16(2)9-11/h4,6-7,9,13H,3,5,8,10H2,1-2H3. The van der Waals surface area contributed by atoms with Gasteiger partial charge in [-0.1, -0.05) is 6.92 Å². The normalized spacial score (nSPS) is 10.9. The molecule has 2 heterocycles. The maximum Gasteiger partial charge on any atom is 0.0762 e. The molecule has 2 aromatic rings. The van der Waals surface area contributed by atoms with Crippen LogP contribution in [0.4, 0.5) is 0 Å². The molecule has 0 aliphatic rings. The number of rotatable bonds is 6. The van der Waals surface area contributed by atoms with Gasteiger partial charge in [0.25, 0.3) is 0 Å². The summed E-state index contributed by atoms with van der Waals surface area (Å²) >= 11 is 0. The lowest BCUT2D eigenvalue weighted by molar-refractivity contribution is 0.628. The predicted octanol–water partition coefficient (Wildman–Crippen LogP) is 1.16. The van der Waals surface area contributed by atoms with Crippen molar-refractivity contribution in [2.24, 2.45) is 7.05 Å². The first kappa shape index (κ1) is 11.9. The van der Waals surface area contributed by atoms with Gasteiger partial charge in [-0.25, -0.2) is 0 Å². The molecule has 0 aliphatic heterocycles. The summed E-state index contributed by atoms with van der Waals surface area (Å²) < 4.78 is 3.75. The molecular formula is C12H19N5. The Bertz CT molecular complexity index is 457. The SMILES string of the molecule is CCCNCc1ccn(Cc2cnn(C)c2)n1. The van der Waals surface area contributed by atoms with Crippen LogP contribution in [0.25, 0.3) is 0 Å². The predicted molar refractivity (Wildman–Crippen MR) is 66.5 cm³/mol. The average molecular weight is 233 g/mol. The molecule has 0 amide bonds. The van der Waals surface area contributed by atoms with E-state index in [0.29, 0.717) is 0 Å². The Balaban J connectivity index is 1.89. The Hall–Kier alpha value is -1.62. The largest absolute Gasteiger partial charge is 0.311 e. The van der Waals surface area contributed by atoms with Crippen molar-refractivity contribution in [2.45, 2.75) is 26.4 Å². The summed E-state index contributed by atoms with van der Waals surface area (Å²) in [5.74, 6) is 0. The number of nitrogens with one attached hydrogen (secondary N) is 1. The first-order chi connectivity index (χ1) is 8.28. The van der Waals surface area contributed by atoms with Crippen LogP contribution in [-0.2, 0) is 20.1 Å². The molecule has 0 saturated carbocycles. The van der Waals surface area contributed by atoms with Crippen molar-refractivity contribution in [2.75, 3.05) is 6.54 Å². The lowest BCUT2D eigenvalue weighted by atomic mass is 10.4. The van der Waals surface area contributed by atoms with Crippen molar-refractivity contribution in [1.29, 1.82) is 0 Å². The number of hydrogen-bond acceptors (Lipinski definition) is 3. The monoisotopic (exact) mass is 233 g/mol. The average Bonchev–Trinajstić information content (AvgIpc) is 2.90. The van der Waals surface area contributed by atoms with Crippen molar-refractivity contribution >= 4 is 0 Å². The first-order valence-corrected chi connectivity index (χ1v) is 5.98. The van der Waals surface area contributed by atoms with E-state index in [4.69, 9.17) is 0 Å². The molecule has 5 nitrogen and oxygen atoms in total. The van der Waals surface area contributed by atoms with Gasteiger partial charge in [-0.15, -0.1) is 0 Å². The van der Waals surface area contributed by atoms with E-state index < -0.39 is 0 Å². The zero-order valence-corrected chi connectivity index (χ0v) is 10.4. The molecule has 0 aliphatic carbocycles. The molecular weight excluding hydrogens is 214 g/mol. The Morgan fingerprint density at radius 3 is 3.00 bits per heavy atom. The highest BCUT2D eigenvalue weighted by Gasteiger charge is 2.01. The Morgan fingerprint density at radius 2 is 2.29 bits per heavy atom. The van der Waals surface area contributed by atoms with Crippen LogP contribution in [0.2, 0.25) is 0 Å². The van der Waals surface area contributed by atoms with Crippen LogP contribution in [0.1, 0.15) is 24.6 Å². The zero-order valence-electron chi connectivity index (χ0n) is 10.4. The molecule has 0 spiro atoms. The second kappa shape index (κ2) is 5.63. The van der Waals surface area contributed by atoms with Gasteiger partial charge in [0.2, 0.25) is 0 Å². The first-order valence-electron chi connectivity index (χ1n) is 5.98. The number of aryl methyl sites for hydroxylation is 1. The molecule has 0 fully saturated rings. The third-order valence-corrected chi connectivity index (χ3v) is 2.53. The van der Waals surface area contributed by atoms with E-state index in [1.165, 1.54) is 5.56 Å². The van der Waals surface area contributed by atoms with E-state index in [-0.39, 0.29) is 0 Å². The highest BCUT2D eigenvalue weighted by molar-refractivity contribution is 5.06. The maximum absolute atomic E-state index is 4.50. The Kier molecular flexibility index (Phi) is 3.93. The second-order valence-corrected chi connectivity index (χ2v) is 4.20. The molecule has 0 aromatic carbocycles. The van der Waals surface area contributed by atoms with Gasteiger partial charge in [-0.3, -0.25) is 9.36 Å². The van der Waals surface area contributed by atoms with Gasteiger partial charge in [0.05, 0.1) is 18.4 Å². The molecule has 2 rings (SSSR count). The Morgan fingerprint density at radius 1 is 1.41 bits per heavy atom. The highest BCUT2D eigenvalue weighted by Crippen LogP contribution is 2.02. The van der Waals surface area contributed by atoms with Crippen LogP contribution in [0.15, 0.2) is 24.7 Å². The molecule has 0 unspecified atom stereocenters. The topological polar surface area (TPSA) is 47.7 Å². The van der Waals surface area contributed by atoms with E-state index >= 15 is 0 Å². The number of hydrogen-bond donors (Lipinski definition) is 1. The quantitative estimate of drug-likeness (QED) is 0.762. The summed E-state index contributed by atoms with van der Waals surface area (Å²) in [6.07, 6.45) is 7.04. The van der Waals surface area contributed by atoms with Crippen molar-refractivity contribution in [3.8, 4) is 0 Å². The summed E-state index contributed by atoms with van der Waals surface area (Å²) in [6.45, 7) is 4.82. The third kappa shape index (κ3) is 3.42. The summed E-state index contributed by atoms with van der Waals surface area (Å²) in [5, 5.41) is 12.0. The number of nitrogens with zero attached hydrogens (tertiary/aromatic N) is 4. The van der Waals surface area contributed by atoms with Gasteiger partial charge in [0.1, 0.15) is 0 Å². The minimum atomic E-state index is 0.779. The van der Waals surface area contributed by atoms with Crippen LogP contribution in [0.5, 0.6) is 0 Å². The highest BCUT2D eigenvalue weighted by atomic mass is 15.3. The Labute approximate surface area is 101 Å². The van der Waals surface area contributed by atoms with Crippen molar-refractivity contribution in [1.82, 2.24) is 24.9 Å². The fraction of sp³-hybridized carbons (Fsp3) is 0.500. The van der Waals surface area contributed by atoms with Crippen LogP contribution in [-0.4, -0.2) is 26.1 Å². The van der Waals surface area contributed by atoms with E-state index in [2.05, 4.69) is 28.5 Å². The van der Waals surface area contributed by atoms with Crippen LogP contribution >= 0.6 is 0 Å². The van der Waals surface area contributed by atoms with Crippen molar-refractivity contribution in [3.05, 3.63) is 35.9 Å². The van der Waals surface area contributed by atoms with Gasteiger partial charge in [-0.05, 0) is 19.0 Å². The lowest BCUT2D eigenvalue weighted by Crippen LogP contribution is -2.14. The molecule has 17 heavy (non-hydrogen) atoms. The van der Waals surface area contributed by atoms with Crippen LogP contribution in [0, 0.1) is 0 Å². The summed E-state index contributed by atoms with van der Waals surface area (Å²) in [5.41, 5.74) is 2.26. The van der Waals surface area contributed by atoms with Gasteiger partial charge < -0.3 is 5.32 Å². The van der Waals surface area contributed by atoms with Crippen LogP contribution in [0.3, 0.4) is 0 Å². The zero-order chi connectivity index (χ0) is 12.1. The smallest absolute Gasteiger partial charge is 0.0762 e. The molecule has 0 atom stereocenters. The molecule has 92 valence electrons. The molecule has 5 heteroatoms. The minimum Gasteiger partial charge on any atom is -0.311 e. The molecule has 1 N–H and O–H groups in total. The van der Waals surface area contributed by atoms with Gasteiger partial charge in [-0.2, -0.15) is 10.2 Å². The fourth-order valence-corrected chi connectivity index (χ4v) is 1.72. The van der Waals surface area contributed by atoms with Gasteiger partial charge in [0.15, 0.2) is 0 Å². The molecule has 0 bridgehead atoms.